The van der Waals surface area contributed by atoms with Crippen LogP contribution in [0, 0.1) is 12.3 Å². The standard InChI is InChI=1S/C32H25NO2/c1-3-32(34,26-18-22-29(35-2)23-19-26)25-16-20-28(21-17-25)33(27-12-5-4-6-13-27)31-15-9-11-24-10-7-8-14-30(24)31/h1,4-23,34H,2H3. The maximum absolute atomic E-state index is 11.4. The average molecular weight is 456 g/mol. The number of rotatable bonds is 6. The van der Waals surface area contributed by atoms with Crippen LogP contribution in [0.3, 0.4) is 0 Å². The van der Waals surface area contributed by atoms with E-state index in [1.165, 1.54) is 5.39 Å². The number of methoxy groups -OCH3 is 1. The van der Waals surface area contributed by atoms with E-state index in [1.54, 1.807) is 31.4 Å². The highest BCUT2D eigenvalue weighted by molar-refractivity contribution is 5.98. The van der Waals surface area contributed by atoms with Crippen molar-refractivity contribution in [2.45, 2.75) is 5.60 Å². The Morgan fingerprint density at radius 2 is 1.26 bits per heavy atom. The Kier molecular flexibility index (Phi) is 5.97. The van der Waals surface area contributed by atoms with E-state index in [9.17, 15) is 5.11 Å². The number of fused-ring (bicyclic) bond motifs is 1. The van der Waals surface area contributed by atoms with Gasteiger partial charge >= 0.3 is 0 Å². The molecule has 3 heteroatoms. The van der Waals surface area contributed by atoms with E-state index in [4.69, 9.17) is 11.2 Å². The van der Waals surface area contributed by atoms with Gasteiger partial charge in [0, 0.05) is 27.9 Å². The highest BCUT2D eigenvalue weighted by Gasteiger charge is 2.29. The second-order valence-electron chi connectivity index (χ2n) is 8.30. The minimum absolute atomic E-state index is 0.613. The van der Waals surface area contributed by atoms with Gasteiger partial charge in [-0.2, -0.15) is 0 Å². The van der Waals surface area contributed by atoms with Gasteiger partial charge in [0.15, 0.2) is 5.60 Å². The predicted octanol–water partition coefficient (Wildman–Crippen LogP) is 7.19. The molecule has 0 saturated carbocycles. The quantitative estimate of drug-likeness (QED) is 0.275. The minimum atomic E-state index is -1.55. The Morgan fingerprint density at radius 1 is 0.686 bits per heavy atom. The molecule has 0 aliphatic carbocycles. The van der Waals surface area contributed by atoms with Crippen LogP contribution in [0.2, 0.25) is 0 Å². The van der Waals surface area contributed by atoms with Crippen LogP contribution in [0.25, 0.3) is 10.8 Å². The summed E-state index contributed by atoms with van der Waals surface area (Å²) in [6.07, 6.45) is 5.84. The normalized spacial score (nSPS) is 12.5. The molecule has 0 aromatic heterocycles. The summed E-state index contributed by atoms with van der Waals surface area (Å²) in [5.74, 6) is 3.29. The Morgan fingerprint density at radius 3 is 1.91 bits per heavy atom. The number of hydrogen-bond acceptors (Lipinski definition) is 3. The first-order valence-electron chi connectivity index (χ1n) is 11.4. The number of hydrogen-bond donors (Lipinski definition) is 1. The van der Waals surface area contributed by atoms with Gasteiger partial charge in [0.25, 0.3) is 0 Å². The SMILES string of the molecule is C#CC(O)(c1ccc(OC)cc1)c1ccc(N(c2ccccc2)c2cccc3ccccc23)cc1. The summed E-state index contributed by atoms with van der Waals surface area (Å²) in [4.78, 5) is 2.22. The molecule has 0 saturated heterocycles. The second kappa shape index (κ2) is 9.38. The van der Waals surface area contributed by atoms with Crippen molar-refractivity contribution in [2.75, 3.05) is 12.0 Å². The van der Waals surface area contributed by atoms with Crippen LogP contribution in [-0.4, -0.2) is 12.2 Å². The van der Waals surface area contributed by atoms with Gasteiger partial charge in [0.2, 0.25) is 0 Å². The average Bonchev–Trinajstić information content (AvgIpc) is 2.94. The molecule has 5 rings (SSSR count). The van der Waals surface area contributed by atoms with Crippen LogP contribution < -0.4 is 9.64 Å². The van der Waals surface area contributed by atoms with E-state index < -0.39 is 5.60 Å². The van der Waals surface area contributed by atoms with E-state index in [2.05, 4.69) is 59.4 Å². The molecule has 0 spiro atoms. The third-order valence-corrected chi connectivity index (χ3v) is 6.28. The van der Waals surface area contributed by atoms with E-state index in [0.717, 1.165) is 22.4 Å². The number of para-hydroxylation sites is 1. The van der Waals surface area contributed by atoms with Crippen molar-refractivity contribution in [3.63, 3.8) is 0 Å². The van der Waals surface area contributed by atoms with Gasteiger partial charge in [-0.1, -0.05) is 84.8 Å². The van der Waals surface area contributed by atoms with Gasteiger partial charge in [0.05, 0.1) is 12.8 Å². The van der Waals surface area contributed by atoms with E-state index in [0.29, 0.717) is 16.9 Å². The number of benzene rings is 5. The van der Waals surface area contributed by atoms with Crippen molar-refractivity contribution in [1.82, 2.24) is 0 Å². The van der Waals surface area contributed by atoms with Gasteiger partial charge in [-0.25, -0.2) is 0 Å². The highest BCUT2D eigenvalue weighted by Crippen LogP contribution is 2.39. The van der Waals surface area contributed by atoms with Crippen LogP contribution >= 0.6 is 0 Å². The molecule has 0 amide bonds. The third kappa shape index (κ3) is 4.12. The summed E-state index contributed by atoms with van der Waals surface area (Å²) < 4.78 is 5.24. The Balaban J connectivity index is 1.60. The molecule has 170 valence electrons. The molecule has 1 unspecified atom stereocenters. The number of ether oxygens (including phenoxy) is 1. The minimum Gasteiger partial charge on any atom is -0.497 e. The first-order valence-corrected chi connectivity index (χ1v) is 11.4. The summed E-state index contributed by atoms with van der Waals surface area (Å²) in [7, 11) is 1.61. The van der Waals surface area contributed by atoms with Crippen molar-refractivity contribution in [2.24, 2.45) is 0 Å². The maximum Gasteiger partial charge on any atom is 0.176 e. The topological polar surface area (TPSA) is 32.7 Å². The first-order chi connectivity index (χ1) is 17.1. The molecule has 0 radical (unpaired) electrons. The molecule has 0 bridgehead atoms. The van der Waals surface area contributed by atoms with Crippen molar-refractivity contribution in [3.05, 3.63) is 132 Å². The van der Waals surface area contributed by atoms with Crippen molar-refractivity contribution < 1.29 is 9.84 Å². The van der Waals surface area contributed by atoms with Gasteiger partial charge < -0.3 is 14.7 Å². The number of anilines is 3. The van der Waals surface area contributed by atoms with Crippen molar-refractivity contribution >= 4 is 27.8 Å². The van der Waals surface area contributed by atoms with Crippen LogP contribution in [0.1, 0.15) is 11.1 Å². The summed E-state index contributed by atoms with van der Waals surface area (Å²) in [5.41, 5.74) is 2.76. The van der Waals surface area contributed by atoms with E-state index >= 15 is 0 Å². The van der Waals surface area contributed by atoms with Crippen LogP contribution in [-0.2, 0) is 5.60 Å². The summed E-state index contributed by atoms with van der Waals surface area (Å²) in [6, 6.07) is 39.9. The van der Waals surface area contributed by atoms with E-state index in [-0.39, 0.29) is 0 Å². The van der Waals surface area contributed by atoms with E-state index in [1.807, 2.05) is 48.5 Å². The first kappa shape index (κ1) is 22.3. The molecule has 35 heavy (non-hydrogen) atoms. The maximum atomic E-state index is 11.4. The van der Waals surface area contributed by atoms with Crippen LogP contribution in [0.15, 0.2) is 121 Å². The van der Waals surface area contributed by atoms with Crippen LogP contribution in [0.4, 0.5) is 17.1 Å². The number of aliphatic hydroxyl groups is 1. The lowest BCUT2D eigenvalue weighted by molar-refractivity contribution is 0.145. The Bertz CT molecular complexity index is 1480. The predicted molar refractivity (Wildman–Crippen MR) is 143 cm³/mol. The summed E-state index contributed by atoms with van der Waals surface area (Å²) >= 11 is 0. The zero-order valence-electron chi connectivity index (χ0n) is 19.4. The fourth-order valence-electron chi connectivity index (χ4n) is 4.42. The van der Waals surface area contributed by atoms with Gasteiger partial charge in [-0.15, -0.1) is 6.42 Å². The largest absolute Gasteiger partial charge is 0.497 e. The monoisotopic (exact) mass is 455 g/mol. The lowest BCUT2D eigenvalue weighted by Crippen LogP contribution is -2.25. The summed E-state index contributed by atoms with van der Waals surface area (Å²) in [5, 5.41) is 13.8. The molecule has 5 aromatic carbocycles. The molecule has 0 heterocycles. The van der Waals surface area contributed by atoms with Gasteiger partial charge in [-0.3, -0.25) is 0 Å². The van der Waals surface area contributed by atoms with Gasteiger partial charge in [0.1, 0.15) is 5.75 Å². The van der Waals surface area contributed by atoms with Crippen LogP contribution in [0.5, 0.6) is 5.75 Å². The lowest BCUT2D eigenvalue weighted by atomic mass is 9.87. The third-order valence-electron chi connectivity index (χ3n) is 6.28. The molecule has 3 nitrogen and oxygen atoms in total. The zero-order chi connectivity index (χ0) is 24.3. The lowest BCUT2D eigenvalue weighted by Gasteiger charge is -2.28. The molecular formula is C32H25NO2. The number of nitrogens with zero attached hydrogens (tertiary/aromatic N) is 1. The fourth-order valence-corrected chi connectivity index (χ4v) is 4.42. The van der Waals surface area contributed by atoms with Crippen molar-refractivity contribution in [1.29, 1.82) is 0 Å². The van der Waals surface area contributed by atoms with Crippen molar-refractivity contribution in [3.8, 4) is 18.1 Å². The zero-order valence-corrected chi connectivity index (χ0v) is 19.4. The molecule has 5 aromatic rings. The highest BCUT2D eigenvalue weighted by atomic mass is 16.5. The summed E-state index contributed by atoms with van der Waals surface area (Å²) in [6.45, 7) is 0. The molecule has 1 atom stereocenters. The molecule has 0 fully saturated rings. The fraction of sp³-hybridized carbons (Fsp3) is 0.0625. The second-order valence-corrected chi connectivity index (χ2v) is 8.30. The molecule has 1 N–H and O–H groups in total. The smallest absolute Gasteiger partial charge is 0.176 e. The molecule has 0 aliphatic heterocycles. The molecule has 0 aliphatic rings. The van der Waals surface area contributed by atoms with Gasteiger partial charge in [-0.05, 0) is 47.9 Å². The molecular weight excluding hydrogens is 430 g/mol. The number of terminal acetylenes is 1. The Hall–Kier alpha value is -4.52. The Labute approximate surface area is 205 Å².